The van der Waals surface area contributed by atoms with Gasteiger partial charge in [-0.2, -0.15) is 0 Å². The lowest BCUT2D eigenvalue weighted by atomic mass is 10.0. The zero-order valence-corrected chi connectivity index (χ0v) is 13.9. The Kier molecular flexibility index (Phi) is 3.92. The van der Waals surface area contributed by atoms with Crippen molar-refractivity contribution in [2.24, 2.45) is 11.8 Å². The lowest BCUT2D eigenvalue weighted by Crippen LogP contribution is -2.20. The van der Waals surface area contributed by atoms with Gasteiger partial charge in [-0.15, -0.1) is 11.3 Å². The van der Waals surface area contributed by atoms with Crippen LogP contribution in [0.4, 0.5) is 5.13 Å². The van der Waals surface area contributed by atoms with E-state index in [1.54, 1.807) is 0 Å². The van der Waals surface area contributed by atoms with Gasteiger partial charge in [0.15, 0.2) is 5.13 Å². The zero-order valence-electron chi connectivity index (χ0n) is 13.1. The number of nitrogens with zero attached hydrogens (tertiary/aromatic N) is 2. The first-order chi connectivity index (χ1) is 10.3. The minimum absolute atomic E-state index is 0.788. The van der Waals surface area contributed by atoms with Gasteiger partial charge in [0.1, 0.15) is 0 Å². The van der Waals surface area contributed by atoms with E-state index in [0.717, 1.165) is 30.8 Å². The fourth-order valence-corrected chi connectivity index (χ4v) is 5.07. The summed E-state index contributed by atoms with van der Waals surface area (Å²) in [6.45, 7) is 5.83. The van der Waals surface area contributed by atoms with Crippen LogP contribution in [0.3, 0.4) is 0 Å². The summed E-state index contributed by atoms with van der Waals surface area (Å²) in [5, 5.41) is 4.97. The van der Waals surface area contributed by atoms with Gasteiger partial charge in [-0.1, -0.05) is 19.8 Å². The number of hydrogen-bond acceptors (Lipinski definition) is 4. The van der Waals surface area contributed by atoms with Gasteiger partial charge in [0.05, 0.1) is 5.69 Å². The highest BCUT2D eigenvalue weighted by Crippen LogP contribution is 2.41. The van der Waals surface area contributed by atoms with Gasteiger partial charge in [-0.25, -0.2) is 4.98 Å². The third kappa shape index (κ3) is 2.98. The van der Waals surface area contributed by atoms with Crippen molar-refractivity contribution < 1.29 is 0 Å². The van der Waals surface area contributed by atoms with Crippen molar-refractivity contribution in [3.05, 3.63) is 10.6 Å². The smallest absolute Gasteiger partial charge is 0.185 e. The van der Waals surface area contributed by atoms with E-state index in [1.165, 1.54) is 67.3 Å². The number of aromatic nitrogens is 1. The first-order valence-electron chi connectivity index (χ1n) is 8.80. The van der Waals surface area contributed by atoms with Crippen molar-refractivity contribution in [3.63, 3.8) is 0 Å². The van der Waals surface area contributed by atoms with Gasteiger partial charge in [-0.3, -0.25) is 0 Å². The Morgan fingerprint density at radius 2 is 1.95 bits per heavy atom. The third-order valence-electron chi connectivity index (χ3n) is 5.38. The molecule has 0 spiro atoms. The molecule has 2 atom stereocenters. The van der Waals surface area contributed by atoms with Crippen LogP contribution in [0.5, 0.6) is 0 Å². The van der Waals surface area contributed by atoms with Crippen LogP contribution in [-0.4, -0.2) is 24.1 Å². The van der Waals surface area contributed by atoms with Crippen LogP contribution in [0, 0.1) is 11.8 Å². The normalized spacial score (nSPS) is 28.3. The highest BCUT2D eigenvalue weighted by Gasteiger charge is 2.37. The van der Waals surface area contributed by atoms with E-state index >= 15 is 0 Å². The number of nitrogens with one attached hydrogen (secondary N) is 1. The van der Waals surface area contributed by atoms with E-state index in [-0.39, 0.29) is 0 Å². The first-order valence-corrected chi connectivity index (χ1v) is 9.62. The van der Waals surface area contributed by atoms with Gasteiger partial charge >= 0.3 is 0 Å². The van der Waals surface area contributed by atoms with E-state index < -0.39 is 0 Å². The standard InChI is InChI=1S/C17H27N3S/c1-2-4-15-16(9-18-14-7-8-14)21-17(19-15)20-10-12-5-3-6-13(12)11-20/h12-14,18H,2-11H2,1H3. The van der Waals surface area contributed by atoms with E-state index in [2.05, 4.69) is 17.1 Å². The van der Waals surface area contributed by atoms with Gasteiger partial charge in [0.25, 0.3) is 0 Å². The van der Waals surface area contributed by atoms with Crippen molar-refractivity contribution in [3.8, 4) is 0 Å². The molecule has 0 bridgehead atoms. The SMILES string of the molecule is CCCc1nc(N2CC3CCCC3C2)sc1CNC1CC1. The molecule has 116 valence electrons. The Bertz CT molecular complexity index is 482. The van der Waals surface area contributed by atoms with Crippen molar-refractivity contribution in [1.82, 2.24) is 10.3 Å². The lowest BCUT2D eigenvalue weighted by Gasteiger charge is -2.15. The largest absolute Gasteiger partial charge is 0.348 e. The fourth-order valence-electron chi connectivity index (χ4n) is 3.99. The number of rotatable bonds is 6. The van der Waals surface area contributed by atoms with Crippen LogP contribution in [-0.2, 0) is 13.0 Å². The lowest BCUT2D eigenvalue weighted by molar-refractivity contribution is 0.494. The molecule has 3 fully saturated rings. The fraction of sp³-hybridized carbons (Fsp3) is 0.824. The highest BCUT2D eigenvalue weighted by molar-refractivity contribution is 7.15. The van der Waals surface area contributed by atoms with Gasteiger partial charge in [0.2, 0.25) is 0 Å². The molecule has 2 heterocycles. The number of aryl methyl sites for hydroxylation is 1. The Morgan fingerprint density at radius 1 is 1.19 bits per heavy atom. The molecule has 1 saturated heterocycles. The Labute approximate surface area is 132 Å². The summed E-state index contributed by atoms with van der Waals surface area (Å²) in [7, 11) is 0. The molecule has 2 unspecified atom stereocenters. The highest BCUT2D eigenvalue weighted by atomic mass is 32.1. The van der Waals surface area contributed by atoms with Crippen LogP contribution in [0.25, 0.3) is 0 Å². The predicted octanol–water partition coefficient (Wildman–Crippen LogP) is 3.58. The van der Waals surface area contributed by atoms with Gasteiger partial charge < -0.3 is 10.2 Å². The molecule has 1 aliphatic heterocycles. The minimum Gasteiger partial charge on any atom is -0.348 e. The zero-order chi connectivity index (χ0) is 14.2. The molecule has 1 aromatic heterocycles. The van der Waals surface area contributed by atoms with Crippen LogP contribution in [0.2, 0.25) is 0 Å². The number of thiazole rings is 1. The number of anilines is 1. The maximum Gasteiger partial charge on any atom is 0.185 e. The monoisotopic (exact) mass is 305 g/mol. The molecule has 1 N–H and O–H groups in total. The Hall–Kier alpha value is -0.610. The molecule has 0 aromatic carbocycles. The molecule has 21 heavy (non-hydrogen) atoms. The Balaban J connectivity index is 1.47. The molecule has 4 rings (SSSR count). The molecule has 0 amide bonds. The summed E-state index contributed by atoms with van der Waals surface area (Å²) in [6.07, 6.45) is 9.42. The second-order valence-electron chi connectivity index (χ2n) is 7.13. The van der Waals surface area contributed by atoms with Crippen molar-refractivity contribution >= 4 is 16.5 Å². The number of fused-ring (bicyclic) bond motifs is 1. The topological polar surface area (TPSA) is 28.2 Å². The van der Waals surface area contributed by atoms with Gasteiger partial charge in [-0.05, 0) is 43.9 Å². The van der Waals surface area contributed by atoms with Gasteiger partial charge in [0, 0.05) is 30.6 Å². The van der Waals surface area contributed by atoms with Crippen LogP contribution in [0.1, 0.15) is 56.0 Å². The third-order valence-corrected chi connectivity index (χ3v) is 6.54. The van der Waals surface area contributed by atoms with Crippen molar-refractivity contribution in [2.75, 3.05) is 18.0 Å². The maximum absolute atomic E-state index is 5.01. The molecule has 2 aliphatic carbocycles. The molecule has 3 aliphatic rings. The van der Waals surface area contributed by atoms with E-state index in [4.69, 9.17) is 4.98 Å². The van der Waals surface area contributed by atoms with E-state index in [9.17, 15) is 0 Å². The molecule has 4 heteroatoms. The summed E-state index contributed by atoms with van der Waals surface area (Å²) in [5.41, 5.74) is 1.36. The minimum atomic E-state index is 0.788. The predicted molar refractivity (Wildman–Crippen MR) is 89.0 cm³/mol. The molecule has 0 radical (unpaired) electrons. The summed E-state index contributed by atoms with van der Waals surface area (Å²) in [4.78, 5) is 9.09. The Morgan fingerprint density at radius 3 is 2.62 bits per heavy atom. The van der Waals surface area contributed by atoms with E-state index in [1.807, 2.05) is 11.3 Å². The molecule has 3 nitrogen and oxygen atoms in total. The van der Waals surface area contributed by atoms with E-state index in [0.29, 0.717) is 0 Å². The molecule has 2 saturated carbocycles. The summed E-state index contributed by atoms with van der Waals surface area (Å²) < 4.78 is 0. The quantitative estimate of drug-likeness (QED) is 0.870. The summed E-state index contributed by atoms with van der Waals surface area (Å²) in [5.74, 6) is 1.91. The second kappa shape index (κ2) is 5.88. The molecule has 1 aromatic rings. The van der Waals surface area contributed by atoms with Crippen LogP contribution in [0.15, 0.2) is 0 Å². The summed E-state index contributed by atoms with van der Waals surface area (Å²) >= 11 is 1.96. The number of hydrogen-bond donors (Lipinski definition) is 1. The van der Waals surface area contributed by atoms with Crippen molar-refractivity contribution in [2.45, 2.75) is 64.5 Å². The van der Waals surface area contributed by atoms with Crippen LogP contribution < -0.4 is 10.2 Å². The second-order valence-corrected chi connectivity index (χ2v) is 8.19. The average Bonchev–Trinajstić information content (AvgIpc) is 2.87. The first kappa shape index (κ1) is 14.0. The average molecular weight is 305 g/mol. The maximum atomic E-state index is 5.01. The van der Waals surface area contributed by atoms with Crippen LogP contribution >= 0.6 is 11.3 Å². The molecular weight excluding hydrogens is 278 g/mol. The van der Waals surface area contributed by atoms with Crippen molar-refractivity contribution in [1.29, 1.82) is 0 Å². The molecular formula is C17H27N3S. The summed E-state index contributed by atoms with van der Waals surface area (Å²) in [6, 6.07) is 0.788.